The molecule has 1 heterocycles. The predicted octanol–water partition coefficient (Wildman–Crippen LogP) is 2.68. The lowest BCUT2D eigenvalue weighted by Crippen LogP contribution is -2.37. The van der Waals surface area contributed by atoms with Gasteiger partial charge in [0, 0.05) is 6.04 Å². The van der Waals surface area contributed by atoms with Crippen molar-refractivity contribution in [3.05, 3.63) is 21.9 Å². The van der Waals surface area contributed by atoms with E-state index < -0.39 is 0 Å². The molecule has 4 heteroatoms. The van der Waals surface area contributed by atoms with Crippen LogP contribution in [0.15, 0.2) is 11.4 Å². The van der Waals surface area contributed by atoms with Gasteiger partial charge in [-0.15, -0.1) is 11.3 Å². The van der Waals surface area contributed by atoms with E-state index in [0.29, 0.717) is 0 Å². The van der Waals surface area contributed by atoms with Gasteiger partial charge in [0.1, 0.15) is 6.54 Å². The van der Waals surface area contributed by atoms with Crippen LogP contribution >= 0.6 is 11.3 Å². The van der Waals surface area contributed by atoms with Gasteiger partial charge in [0.2, 0.25) is 0 Å². The van der Waals surface area contributed by atoms with E-state index >= 15 is 0 Å². The number of carbonyl (C=O) groups is 1. The molecule has 0 aromatic carbocycles. The standard InChI is InChI=1S/C12H16N2OS/c1-4-10-5-8-16-11(10)12(15)14(7-6-13)9(2)3/h5,8-9H,4,7H2,1-3H3. The second kappa shape index (κ2) is 5.66. The molecule has 0 saturated heterocycles. The summed E-state index contributed by atoms with van der Waals surface area (Å²) in [5, 5.41) is 10.6. The van der Waals surface area contributed by atoms with Crippen LogP contribution in [-0.2, 0) is 6.42 Å². The molecule has 0 saturated carbocycles. The number of nitriles is 1. The second-order valence-electron chi connectivity index (χ2n) is 3.81. The molecule has 3 nitrogen and oxygen atoms in total. The third-order valence-electron chi connectivity index (χ3n) is 2.45. The number of rotatable bonds is 4. The van der Waals surface area contributed by atoms with E-state index in [9.17, 15) is 4.79 Å². The smallest absolute Gasteiger partial charge is 0.265 e. The fraction of sp³-hybridized carbons (Fsp3) is 0.500. The number of hydrogen-bond acceptors (Lipinski definition) is 3. The van der Waals surface area contributed by atoms with Crippen LogP contribution in [-0.4, -0.2) is 23.4 Å². The minimum Gasteiger partial charge on any atom is -0.322 e. The summed E-state index contributed by atoms with van der Waals surface area (Å²) in [5.74, 6) is -0.0246. The molecule has 0 aliphatic carbocycles. The van der Waals surface area contributed by atoms with Crippen molar-refractivity contribution in [1.82, 2.24) is 4.90 Å². The molecule has 1 aromatic heterocycles. The molecule has 16 heavy (non-hydrogen) atoms. The van der Waals surface area contributed by atoms with Gasteiger partial charge in [-0.3, -0.25) is 4.79 Å². The summed E-state index contributed by atoms with van der Waals surface area (Å²) < 4.78 is 0. The Labute approximate surface area is 100 Å². The highest BCUT2D eigenvalue weighted by molar-refractivity contribution is 7.12. The lowest BCUT2D eigenvalue weighted by Gasteiger charge is -2.23. The van der Waals surface area contributed by atoms with Crippen molar-refractivity contribution >= 4 is 17.2 Å². The number of amides is 1. The lowest BCUT2D eigenvalue weighted by molar-refractivity contribution is 0.0735. The van der Waals surface area contributed by atoms with Gasteiger partial charge >= 0.3 is 0 Å². The van der Waals surface area contributed by atoms with Crippen LogP contribution < -0.4 is 0 Å². The molecule has 1 aromatic rings. The van der Waals surface area contributed by atoms with Crippen molar-refractivity contribution < 1.29 is 4.79 Å². The third-order valence-corrected chi connectivity index (χ3v) is 3.39. The summed E-state index contributed by atoms with van der Waals surface area (Å²) in [5.41, 5.74) is 1.07. The Morgan fingerprint density at radius 1 is 1.62 bits per heavy atom. The predicted molar refractivity (Wildman–Crippen MR) is 65.5 cm³/mol. The Kier molecular flexibility index (Phi) is 4.51. The van der Waals surface area contributed by atoms with Crippen LogP contribution in [0, 0.1) is 11.3 Å². The first-order valence-corrected chi connectivity index (χ1v) is 6.24. The summed E-state index contributed by atoms with van der Waals surface area (Å²) in [7, 11) is 0. The molecule has 0 radical (unpaired) electrons. The highest BCUT2D eigenvalue weighted by Gasteiger charge is 2.21. The van der Waals surface area contributed by atoms with Gasteiger partial charge in [0.05, 0.1) is 10.9 Å². The molecule has 0 spiro atoms. The van der Waals surface area contributed by atoms with Crippen LogP contribution in [0.1, 0.15) is 36.0 Å². The van der Waals surface area contributed by atoms with E-state index in [2.05, 4.69) is 0 Å². The Morgan fingerprint density at radius 2 is 2.31 bits per heavy atom. The third kappa shape index (κ3) is 2.61. The van der Waals surface area contributed by atoms with Crippen LogP contribution in [0.2, 0.25) is 0 Å². The molecule has 1 rings (SSSR count). The number of thiophene rings is 1. The first kappa shape index (κ1) is 12.7. The Balaban J connectivity index is 2.95. The summed E-state index contributed by atoms with van der Waals surface area (Å²) in [4.78, 5) is 14.6. The maximum Gasteiger partial charge on any atom is 0.265 e. The highest BCUT2D eigenvalue weighted by Crippen LogP contribution is 2.20. The summed E-state index contributed by atoms with van der Waals surface area (Å²) in [6, 6.07) is 4.07. The Morgan fingerprint density at radius 3 is 2.81 bits per heavy atom. The molecule has 0 atom stereocenters. The van der Waals surface area contributed by atoms with E-state index in [1.807, 2.05) is 38.3 Å². The van der Waals surface area contributed by atoms with E-state index in [4.69, 9.17) is 5.26 Å². The molecule has 0 unspecified atom stereocenters. The topological polar surface area (TPSA) is 44.1 Å². The molecule has 0 aliphatic heterocycles. The average Bonchev–Trinajstić information content (AvgIpc) is 2.72. The van der Waals surface area contributed by atoms with Crippen LogP contribution in [0.25, 0.3) is 0 Å². The largest absolute Gasteiger partial charge is 0.322 e. The normalized spacial score (nSPS) is 10.2. The first-order valence-electron chi connectivity index (χ1n) is 5.36. The SMILES string of the molecule is CCc1ccsc1C(=O)N(CC#N)C(C)C. The fourth-order valence-electron chi connectivity index (χ4n) is 1.50. The second-order valence-corrected chi connectivity index (χ2v) is 4.73. The van der Waals surface area contributed by atoms with Gasteiger partial charge in [0.15, 0.2) is 0 Å². The summed E-state index contributed by atoms with van der Waals surface area (Å²) in [6.45, 7) is 6.03. The van der Waals surface area contributed by atoms with Gasteiger partial charge in [-0.25, -0.2) is 0 Å². The molecule has 0 N–H and O–H groups in total. The summed E-state index contributed by atoms with van der Waals surface area (Å²) in [6.07, 6.45) is 0.850. The van der Waals surface area contributed by atoms with Gasteiger partial charge in [-0.1, -0.05) is 6.92 Å². The van der Waals surface area contributed by atoms with E-state index in [1.54, 1.807) is 4.90 Å². The van der Waals surface area contributed by atoms with Crippen molar-refractivity contribution in [1.29, 1.82) is 5.26 Å². The Bertz CT molecular complexity index is 403. The van der Waals surface area contributed by atoms with E-state index in [0.717, 1.165) is 16.9 Å². The Hall–Kier alpha value is -1.34. The zero-order valence-corrected chi connectivity index (χ0v) is 10.7. The number of carbonyl (C=O) groups excluding carboxylic acids is 1. The molecule has 0 fully saturated rings. The monoisotopic (exact) mass is 236 g/mol. The highest BCUT2D eigenvalue weighted by atomic mass is 32.1. The number of nitrogens with zero attached hydrogens (tertiary/aromatic N) is 2. The summed E-state index contributed by atoms with van der Waals surface area (Å²) >= 11 is 1.45. The van der Waals surface area contributed by atoms with Crippen molar-refractivity contribution in [2.75, 3.05) is 6.54 Å². The lowest BCUT2D eigenvalue weighted by atomic mass is 10.2. The van der Waals surface area contributed by atoms with Gasteiger partial charge in [-0.2, -0.15) is 5.26 Å². The van der Waals surface area contributed by atoms with Gasteiger partial charge in [-0.05, 0) is 37.3 Å². The molecule has 0 bridgehead atoms. The first-order chi connectivity index (χ1) is 7.61. The zero-order valence-electron chi connectivity index (χ0n) is 9.86. The van der Waals surface area contributed by atoms with Crippen molar-refractivity contribution in [3.63, 3.8) is 0 Å². The number of hydrogen-bond donors (Lipinski definition) is 0. The molecular formula is C12H16N2OS. The minimum atomic E-state index is -0.0246. The van der Waals surface area contributed by atoms with Gasteiger partial charge in [0.25, 0.3) is 5.91 Å². The van der Waals surface area contributed by atoms with Crippen LogP contribution in [0.3, 0.4) is 0 Å². The zero-order chi connectivity index (χ0) is 12.1. The maximum atomic E-state index is 12.2. The molecule has 0 aliphatic rings. The van der Waals surface area contributed by atoms with Crippen LogP contribution in [0.4, 0.5) is 0 Å². The fourth-order valence-corrected chi connectivity index (χ4v) is 2.45. The van der Waals surface area contributed by atoms with E-state index in [-0.39, 0.29) is 18.5 Å². The van der Waals surface area contributed by atoms with Crippen molar-refractivity contribution in [3.8, 4) is 6.07 Å². The average molecular weight is 236 g/mol. The molecule has 1 amide bonds. The quantitative estimate of drug-likeness (QED) is 0.754. The van der Waals surface area contributed by atoms with Gasteiger partial charge < -0.3 is 4.90 Å². The van der Waals surface area contributed by atoms with Crippen molar-refractivity contribution in [2.24, 2.45) is 0 Å². The van der Waals surface area contributed by atoms with Crippen molar-refractivity contribution in [2.45, 2.75) is 33.2 Å². The number of aryl methyl sites for hydroxylation is 1. The van der Waals surface area contributed by atoms with E-state index in [1.165, 1.54) is 11.3 Å². The molecule has 86 valence electrons. The maximum absolute atomic E-state index is 12.2. The van der Waals surface area contributed by atoms with Crippen LogP contribution in [0.5, 0.6) is 0 Å². The molecular weight excluding hydrogens is 220 g/mol. The minimum absolute atomic E-state index is 0.0246.